The lowest BCUT2D eigenvalue weighted by atomic mass is 9.91. The van der Waals surface area contributed by atoms with E-state index in [1.807, 2.05) is 13.2 Å². The predicted molar refractivity (Wildman–Crippen MR) is 59.4 cm³/mol. The summed E-state index contributed by atoms with van der Waals surface area (Å²) >= 11 is 0. The van der Waals surface area contributed by atoms with Crippen molar-refractivity contribution < 1.29 is 0 Å². The van der Waals surface area contributed by atoms with Crippen molar-refractivity contribution in [2.45, 2.75) is 26.2 Å². The SMILES string of the molecule is Cn1ccc2cc(C(C)(C)C)ncc21. The fourth-order valence-corrected chi connectivity index (χ4v) is 1.57. The molecule has 2 aromatic rings. The standard InChI is InChI=1S/C12H16N2/c1-12(2,3)11-7-9-5-6-14(4)10(9)8-13-11/h5-8H,1-4H3. The maximum absolute atomic E-state index is 4.49. The molecule has 0 aliphatic rings. The number of nitrogens with zero attached hydrogens (tertiary/aromatic N) is 2. The molecular weight excluding hydrogens is 172 g/mol. The summed E-state index contributed by atoms with van der Waals surface area (Å²) in [4.78, 5) is 4.49. The molecule has 14 heavy (non-hydrogen) atoms. The van der Waals surface area contributed by atoms with Gasteiger partial charge < -0.3 is 4.57 Å². The van der Waals surface area contributed by atoms with Crippen LogP contribution in [-0.2, 0) is 12.5 Å². The molecule has 2 heterocycles. The van der Waals surface area contributed by atoms with Crippen molar-refractivity contribution in [1.82, 2.24) is 9.55 Å². The van der Waals surface area contributed by atoms with E-state index in [1.54, 1.807) is 0 Å². The van der Waals surface area contributed by atoms with E-state index in [0.29, 0.717) is 0 Å². The van der Waals surface area contributed by atoms with Gasteiger partial charge in [0.25, 0.3) is 0 Å². The van der Waals surface area contributed by atoms with Crippen molar-refractivity contribution in [1.29, 1.82) is 0 Å². The Morgan fingerprint density at radius 3 is 2.64 bits per heavy atom. The van der Waals surface area contributed by atoms with Crippen molar-refractivity contribution in [2.24, 2.45) is 7.05 Å². The highest BCUT2D eigenvalue weighted by molar-refractivity contribution is 5.79. The number of aryl methyl sites for hydroxylation is 1. The summed E-state index contributed by atoms with van der Waals surface area (Å²) in [5, 5.41) is 1.27. The first kappa shape index (κ1) is 9.25. The number of aromatic nitrogens is 2. The van der Waals surface area contributed by atoms with Crippen LogP contribution in [0.3, 0.4) is 0 Å². The second kappa shape index (κ2) is 2.84. The van der Waals surface area contributed by atoms with Gasteiger partial charge in [-0.25, -0.2) is 0 Å². The Kier molecular flexibility index (Phi) is 1.88. The fraction of sp³-hybridized carbons (Fsp3) is 0.417. The molecule has 0 N–H and O–H groups in total. The molecule has 0 radical (unpaired) electrons. The van der Waals surface area contributed by atoms with Gasteiger partial charge >= 0.3 is 0 Å². The molecule has 74 valence electrons. The van der Waals surface area contributed by atoms with Crippen molar-refractivity contribution in [3.05, 3.63) is 30.2 Å². The van der Waals surface area contributed by atoms with Gasteiger partial charge in [-0.15, -0.1) is 0 Å². The van der Waals surface area contributed by atoms with Crippen molar-refractivity contribution in [2.75, 3.05) is 0 Å². The molecule has 0 saturated heterocycles. The third kappa shape index (κ3) is 1.41. The first-order valence-corrected chi connectivity index (χ1v) is 4.90. The summed E-state index contributed by atoms with van der Waals surface area (Å²) in [7, 11) is 2.04. The number of fused-ring (bicyclic) bond motifs is 1. The van der Waals surface area contributed by atoms with E-state index >= 15 is 0 Å². The predicted octanol–water partition coefficient (Wildman–Crippen LogP) is 2.87. The summed E-state index contributed by atoms with van der Waals surface area (Å²) in [5.74, 6) is 0. The maximum Gasteiger partial charge on any atom is 0.0664 e. The minimum atomic E-state index is 0.129. The van der Waals surface area contributed by atoms with Crippen LogP contribution in [0.5, 0.6) is 0 Å². The summed E-state index contributed by atoms with van der Waals surface area (Å²) in [6, 6.07) is 4.31. The van der Waals surface area contributed by atoms with Gasteiger partial charge in [0.1, 0.15) is 0 Å². The lowest BCUT2D eigenvalue weighted by Crippen LogP contribution is -2.12. The highest BCUT2D eigenvalue weighted by atomic mass is 14.9. The maximum atomic E-state index is 4.49. The molecule has 0 aliphatic carbocycles. The summed E-state index contributed by atoms with van der Waals surface area (Å²) in [6.07, 6.45) is 4.02. The van der Waals surface area contributed by atoms with Crippen LogP contribution in [0.15, 0.2) is 24.5 Å². The van der Waals surface area contributed by atoms with Gasteiger partial charge in [0.15, 0.2) is 0 Å². The molecule has 0 aromatic carbocycles. The Hall–Kier alpha value is -1.31. The minimum Gasteiger partial charge on any atom is -0.349 e. The monoisotopic (exact) mass is 188 g/mol. The van der Waals surface area contributed by atoms with Crippen LogP contribution in [0, 0.1) is 0 Å². The largest absolute Gasteiger partial charge is 0.349 e. The van der Waals surface area contributed by atoms with Crippen LogP contribution in [0.4, 0.5) is 0 Å². The van der Waals surface area contributed by atoms with E-state index in [1.165, 1.54) is 10.9 Å². The highest BCUT2D eigenvalue weighted by Gasteiger charge is 2.15. The normalized spacial score (nSPS) is 12.3. The first-order valence-electron chi connectivity index (χ1n) is 4.90. The zero-order valence-corrected chi connectivity index (χ0v) is 9.20. The smallest absolute Gasteiger partial charge is 0.0664 e. The molecule has 0 fully saturated rings. The van der Waals surface area contributed by atoms with E-state index in [4.69, 9.17) is 0 Å². The van der Waals surface area contributed by atoms with Crippen LogP contribution in [0.2, 0.25) is 0 Å². The zero-order valence-electron chi connectivity index (χ0n) is 9.20. The summed E-state index contributed by atoms with van der Waals surface area (Å²) < 4.78 is 2.09. The number of hydrogen-bond donors (Lipinski definition) is 0. The van der Waals surface area contributed by atoms with Gasteiger partial charge in [0.05, 0.1) is 11.7 Å². The molecule has 0 saturated carbocycles. The Morgan fingerprint density at radius 2 is 2.00 bits per heavy atom. The number of hydrogen-bond acceptors (Lipinski definition) is 1. The minimum absolute atomic E-state index is 0.129. The third-order valence-electron chi connectivity index (χ3n) is 2.54. The average Bonchev–Trinajstić information content (AvgIpc) is 2.46. The second-order valence-corrected chi connectivity index (χ2v) is 4.81. The summed E-state index contributed by atoms with van der Waals surface area (Å²) in [5.41, 5.74) is 2.47. The molecule has 0 atom stereocenters. The lowest BCUT2D eigenvalue weighted by Gasteiger charge is -2.17. The molecular formula is C12H16N2. The molecule has 0 spiro atoms. The van der Waals surface area contributed by atoms with Crippen LogP contribution in [0.25, 0.3) is 10.9 Å². The van der Waals surface area contributed by atoms with Crippen molar-refractivity contribution in [3.8, 4) is 0 Å². The quantitative estimate of drug-likeness (QED) is 0.621. The lowest BCUT2D eigenvalue weighted by molar-refractivity contribution is 0.570. The van der Waals surface area contributed by atoms with Crippen molar-refractivity contribution >= 4 is 10.9 Å². The van der Waals surface area contributed by atoms with Gasteiger partial charge in [-0.3, -0.25) is 4.98 Å². The number of pyridine rings is 1. The van der Waals surface area contributed by atoms with E-state index < -0.39 is 0 Å². The molecule has 2 heteroatoms. The molecule has 2 rings (SSSR count). The van der Waals surface area contributed by atoms with Gasteiger partial charge in [0, 0.05) is 29.7 Å². The topological polar surface area (TPSA) is 17.8 Å². The molecule has 2 nitrogen and oxygen atoms in total. The average molecular weight is 188 g/mol. The molecule has 0 unspecified atom stereocenters. The van der Waals surface area contributed by atoms with Gasteiger partial charge in [-0.2, -0.15) is 0 Å². The molecule has 0 bridgehead atoms. The Balaban J connectivity index is 2.63. The van der Waals surface area contributed by atoms with Gasteiger partial charge in [-0.05, 0) is 12.1 Å². The van der Waals surface area contributed by atoms with E-state index in [2.05, 4.69) is 48.7 Å². The van der Waals surface area contributed by atoms with Crippen LogP contribution in [-0.4, -0.2) is 9.55 Å². The van der Waals surface area contributed by atoms with Gasteiger partial charge in [-0.1, -0.05) is 20.8 Å². The van der Waals surface area contributed by atoms with Crippen LogP contribution < -0.4 is 0 Å². The van der Waals surface area contributed by atoms with Gasteiger partial charge in [0.2, 0.25) is 0 Å². The Labute approximate surface area is 84.6 Å². The zero-order chi connectivity index (χ0) is 10.3. The van der Waals surface area contributed by atoms with Crippen LogP contribution in [0.1, 0.15) is 26.5 Å². The number of rotatable bonds is 0. The Bertz CT molecular complexity index is 461. The van der Waals surface area contributed by atoms with E-state index in [-0.39, 0.29) is 5.41 Å². The summed E-state index contributed by atoms with van der Waals surface area (Å²) in [6.45, 7) is 6.55. The Morgan fingerprint density at radius 1 is 1.29 bits per heavy atom. The molecule has 0 amide bonds. The first-order chi connectivity index (χ1) is 6.48. The molecule has 0 aliphatic heterocycles. The van der Waals surface area contributed by atoms with Crippen molar-refractivity contribution in [3.63, 3.8) is 0 Å². The molecule has 2 aromatic heterocycles. The van der Waals surface area contributed by atoms with E-state index in [0.717, 1.165) is 5.69 Å². The van der Waals surface area contributed by atoms with Crippen LogP contribution >= 0.6 is 0 Å². The fourth-order valence-electron chi connectivity index (χ4n) is 1.57. The van der Waals surface area contributed by atoms with E-state index in [9.17, 15) is 0 Å². The highest BCUT2D eigenvalue weighted by Crippen LogP contribution is 2.23. The third-order valence-corrected chi connectivity index (χ3v) is 2.54. The second-order valence-electron chi connectivity index (χ2n) is 4.81.